The highest BCUT2D eigenvalue weighted by molar-refractivity contribution is 5.92. The van der Waals surface area contributed by atoms with Crippen molar-refractivity contribution in [3.05, 3.63) is 71.6 Å². The van der Waals surface area contributed by atoms with Crippen LogP contribution in [0.5, 0.6) is 5.75 Å². The van der Waals surface area contributed by atoms with E-state index in [1.165, 1.54) is 0 Å². The summed E-state index contributed by atoms with van der Waals surface area (Å²) in [4.78, 5) is 16.5. The van der Waals surface area contributed by atoms with Crippen LogP contribution in [0.15, 0.2) is 54.6 Å². The quantitative estimate of drug-likeness (QED) is 0.605. The molecule has 0 radical (unpaired) electrons. The fraction of sp³-hybridized carbons (Fsp3) is 0.304. The number of rotatable bonds is 8. The number of nitrogens with one attached hydrogen (secondary N) is 1. The van der Waals surface area contributed by atoms with Crippen molar-refractivity contribution in [1.82, 2.24) is 14.9 Å². The number of hydrogen-bond donors (Lipinski definition) is 1. The number of nitrogens with zero attached hydrogens (tertiary/aromatic N) is 2. The molecule has 0 fully saturated rings. The van der Waals surface area contributed by atoms with Crippen LogP contribution in [0.1, 0.15) is 23.9 Å². The maximum atomic E-state index is 11.7. The SMILES string of the molecule is C=C(C)C(=O)NCCc1nc2ccccc2n1CCOc1c(C)cccc1C. The second-order valence-corrected chi connectivity index (χ2v) is 7.02. The third-order valence-electron chi connectivity index (χ3n) is 4.73. The summed E-state index contributed by atoms with van der Waals surface area (Å²) in [6.07, 6.45) is 0.650. The maximum absolute atomic E-state index is 11.7. The number of hydrogen-bond acceptors (Lipinski definition) is 3. The molecule has 1 amide bonds. The predicted octanol–water partition coefficient (Wildman–Crippen LogP) is 3.97. The molecule has 1 aromatic heterocycles. The minimum atomic E-state index is -0.124. The highest BCUT2D eigenvalue weighted by Crippen LogP contribution is 2.23. The van der Waals surface area contributed by atoms with Gasteiger partial charge in [0.1, 0.15) is 18.2 Å². The first-order valence-electron chi connectivity index (χ1n) is 9.54. The number of aryl methyl sites for hydroxylation is 2. The summed E-state index contributed by atoms with van der Waals surface area (Å²) >= 11 is 0. The number of amides is 1. The van der Waals surface area contributed by atoms with E-state index in [2.05, 4.69) is 48.5 Å². The molecule has 0 aliphatic rings. The fourth-order valence-corrected chi connectivity index (χ4v) is 3.27. The van der Waals surface area contributed by atoms with Gasteiger partial charge in [0.25, 0.3) is 0 Å². The van der Waals surface area contributed by atoms with Gasteiger partial charge in [0.05, 0.1) is 17.6 Å². The van der Waals surface area contributed by atoms with Crippen molar-refractivity contribution in [1.29, 1.82) is 0 Å². The zero-order valence-corrected chi connectivity index (χ0v) is 16.8. The van der Waals surface area contributed by atoms with Crippen molar-refractivity contribution >= 4 is 16.9 Å². The lowest BCUT2D eigenvalue weighted by atomic mass is 10.1. The molecular weight excluding hydrogens is 350 g/mol. The van der Waals surface area contributed by atoms with Crippen LogP contribution >= 0.6 is 0 Å². The summed E-state index contributed by atoms with van der Waals surface area (Å²) in [6.45, 7) is 11.3. The normalized spacial score (nSPS) is 10.8. The van der Waals surface area contributed by atoms with Gasteiger partial charge < -0.3 is 14.6 Å². The Morgan fingerprint density at radius 3 is 2.57 bits per heavy atom. The van der Waals surface area contributed by atoms with Gasteiger partial charge >= 0.3 is 0 Å². The Morgan fingerprint density at radius 1 is 1.14 bits per heavy atom. The van der Waals surface area contributed by atoms with E-state index in [1.807, 2.05) is 24.3 Å². The van der Waals surface area contributed by atoms with Gasteiger partial charge in [-0.05, 0) is 44.0 Å². The number of carbonyl (C=O) groups excluding carboxylic acids is 1. The van der Waals surface area contributed by atoms with Crippen LogP contribution in [0.3, 0.4) is 0 Å². The van der Waals surface area contributed by atoms with E-state index in [0.29, 0.717) is 31.7 Å². The molecule has 1 N–H and O–H groups in total. The van der Waals surface area contributed by atoms with E-state index in [1.54, 1.807) is 6.92 Å². The molecule has 1 heterocycles. The fourth-order valence-electron chi connectivity index (χ4n) is 3.27. The predicted molar refractivity (Wildman–Crippen MR) is 113 cm³/mol. The molecule has 5 heteroatoms. The molecule has 3 rings (SSSR count). The lowest BCUT2D eigenvalue weighted by Gasteiger charge is -2.14. The number of ether oxygens (including phenoxy) is 1. The molecule has 0 unspecified atom stereocenters. The molecule has 0 bridgehead atoms. The highest BCUT2D eigenvalue weighted by Gasteiger charge is 2.12. The summed E-state index contributed by atoms with van der Waals surface area (Å²) in [6, 6.07) is 14.2. The standard InChI is InChI=1S/C23H27N3O2/c1-16(2)23(27)24-13-12-21-25-19-10-5-6-11-20(19)26(21)14-15-28-22-17(3)8-7-9-18(22)4/h5-11H,1,12-15H2,2-4H3,(H,24,27). The number of imidazole rings is 1. The minimum Gasteiger partial charge on any atom is -0.491 e. The van der Waals surface area contributed by atoms with Gasteiger partial charge in [-0.15, -0.1) is 0 Å². The Morgan fingerprint density at radius 2 is 1.86 bits per heavy atom. The monoisotopic (exact) mass is 377 g/mol. The third kappa shape index (κ3) is 4.42. The van der Waals surface area contributed by atoms with Crippen molar-refractivity contribution in [2.24, 2.45) is 0 Å². The molecular formula is C23H27N3O2. The second-order valence-electron chi connectivity index (χ2n) is 7.02. The Hall–Kier alpha value is -3.08. The molecule has 146 valence electrons. The second kappa shape index (κ2) is 8.74. The number of fused-ring (bicyclic) bond motifs is 1. The first-order valence-corrected chi connectivity index (χ1v) is 9.54. The molecule has 0 spiro atoms. The Balaban J connectivity index is 1.73. The van der Waals surface area contributed by atoms with Gasteiger partial charge in [-0.2, -0.15) is 0 Å². The van der Waals surface area contributed by atoms with Gasteiger partial charge in [-0.1, -0.05) is 36.9 Å². The van der Waals surface area contributed by atoms with Gasteiger partial charge in [0.15, 0.2) is 0 Å². The average molecular weight is 377 g/mol. The van der Waals surface area contributed by atoms with E-state index in [0.717, 1.165) is 33.7 Å². The lowest BCUT2D eigenvalue weighted by Crippen LogP contribution is -2.27. The molecule has 0 aliphatic heterocycles. The molecule has 0 saturated heterocycles. The van der Waals surface area contributed by atoms with E-state index in [9.17, 15) is 4.79 Å². The summed E-state index contributed by atoms with van der Waals surface area (Å²) in [5, 5.41) is 2.88. The highest BCUT2D eigenvalue weighted by atomic mass is 16.5. The van der Waals surface area contributed by atoms with Crippen LogP contribution in [0.25, 0.3) is 11.0 Å². The van der Waals surface area contributed by atoms with Crippen molar-refractivity contribution in [3.8, 4) is 5.75 Å². The van der Waals surface area contributed by atoms with Crippen molar-refractivity contribution in [2.45, 2.75) is 33.7 Å². The molecule has 5 nitrogen and oxygen atoms in total. The molecule has 3 aromatic rings. The molecule has 0 aliphatic carbocycles. The summed E-state index contributed by atoms with van der Waals surface area (Å²) < 4.78 is 8.27. The van der Waals surface area contributed by atoms with Crippen molar-refractivity contribution in [3.63, 3.8) is 0 Å². The van der Waals surface area contributed by atoms with Crippen LogP contribution in [-0.4, -0.2) is 28.6 Å². The minimum absolute atomic E-state index is 0.124. The van der Waals surface area contributed by atoms with Gasteiger partial charge in [0.2, 0.25) is 5.91 Å². The van der Waals surface area contributed by atoms with Crippen LogP contribution in [0.2, 0.25) is 0 Å². The Kier molecular flexibility index (Phi) is 6.14. The van der Waals surface area contributed by atoms with E-state index >= 15 is 0 Å². The summed E-state index contributed by atoms with van der Waals surface area (Å²) in [7, 11) is 0. The molecule has 2 aromatic carbocycles. The van der Waals surface area contributed by atoms with E-state index in [-0.39, 0.29) is 5.91 Å². The van der Waals surface area contributed by atoms with E-state index in [4.69, 9.17) is 9.72 Å². The summed E-state index contributed by atoms with van der Waals surface area (Å²) in [5.74, 6) is 1.76. The Bertz CT molecular complexity index is 984. The van der Waals surface area contributed by atoms with E-state index < -0.39 is 0 Å². The number of benzene rings is 2. The molecule has 0 saturated carbocycles. The zero-order chi connectivity index (χ0) is 20.1. The lowest BCUT2D eigenvalue weighted by molar-refractivity contribution is -0.117. The topological polar surface area (TPSA) is 56.2 Å². The van der Waals surface area contributed by atoms with Crippen LogP contribution in [0.4, 0.5) is 0 Å². The molecule has 28 heavy (non-hydrogen) atoms. The van der Waals surface area contributed by atoms with Crippen LogP contribution < -0.4 is 10.1 Å². The van der Waals surface area contributed by atoms with Crippen LogP contribution in [-0.2, 0) is 17.8 Å². The Labute approximate surface area is 166 Å². The van der Waals surface area contributed by atoms with Crippen molar-refractivity contribution in [2.75, 3.05) is 13.2 Å². The number of aromatic nitrogens is 2. The average Bonchev–Trinajstić information content (AvgIpc) is 3.01. The first kappa shape index (κ1) is 19.7. The number of para-hydroxylation sites is 3. The largest absolute Gasteiger partial charge is 0.491 e. The van der Waals surface area contributed by atoms with Crippen molar-refractivity contribution < 1.29 is 9.53 Å². The summed E-state index contributed by atoms with van der Waals surface area (Å²) in [5.41, 5.74) is 4.82. The zero-order valence-electron chi connectivity index (χ0n) is 16.8. The smallest absolute Gasteiger partial charge is 0.246 e. The van der Waals surface area contributed by atoms with Crippen LogP contribution in [0, 0.1) is 13.8 Å². The van der Waals surface area contributed by atoms with Gasteiger partial charge in [-0.3, -0.25) is 4.79 Å². The maximum Gasteiger partial charge on any atom is 0.246 e. The molecule has 0 atom stereocenters. The van der Waals surface area contributed by atoms with Gasteiger partial charge in [0, 0.05) is 18.5 Å². The third-order valence-corrected chi connectivity index (χ3v) is 4.73. The number of carbonyl (C=O) groups is 1. The first-order chi connectivity index (χ1) is 13.5. The van der Waals surface area contributed by atoms with Gasteiger partial charge in [-0.25, -0.2) is 4.98 Å².